The summed E-state index contributed by atoms with van der Waals surface area (Å²) >= 11 is 6.73. The van der Waals surface area contributed by atoms with E-state index in [4.69, 9.17) is 16.7 Å². The van der Waals surface area contributed by atoms with Crippen molar-refractivity contribution in [1.29, 1.82) is 0 Å². The number of H-pyrrole nitrogens is 1. The number of halogens is 1. The number of thioether (sulfide) groups is 1. The zero-order valence-electron chi connectivity index (χ0n) is 8.44. The molecule has 0 radical (unpaired) electrons. The van der Waals surface area contributed by atoms with Gasteiger partial charge in [-0.3, -0.25) is 9.59 Å². The van der Waals surface area contributed by atoms with Gasteiger partial charge in [0.1, 0.15) is 0 Å². The Balaban J connectivity index is 2.45. The molecule has 2 rings (SSSR count). The molecule has 0 aliphatic heterocycles. The molecule has 0 atom stereocenters. The van der Waals surface area contributed by atoms with Crippen LogP contribution in [0, 0.1) is 0 Å². The number of aliphatic carboxylic acids is 1. The maximum absolute atomic E-state index is 11.7. The number of aromatic amines is 1. The lowest BCUT2D eigenvalue weighted by Crippen LogP contribution is -2.10. The fourth-order valence-corrected chi connectivity index (χ4v) is 2.05. The second kappa shape index (κ2) is 4.77. The molecule has 2 N–H and O–H groups in total. The molecule has 0 bridgehead atoms. The molecule has 0 aliphatic rings. The SMILES string of the molecule is O=C(O)CSc1nc2ccc(Cl)cc2c(=O)[nH]1. The van der Waals surface area contributed by atoms with Gasteiger partial charge in [-0.05, 0) is 18.2 Å². The van der Waals surface area contributed by atoms with Gasteiger partial charge in [0.05, 0.1) is 16.7 Å². The molecule has 0 fully saturated rings. The topological polar surface area (TPSA) is 83.0 Å². The Morgan fingerprint density at radius 2 is 2.29 bits per heavy atom. The van der Waals surface area contributed by atoms with Crippen molar-refractivity contribution in [2.75, 3.05) is 5.75 Å². The Labute approximate surface area is 105 Å². The standard InChI is InChI=1S/C10H7ClN2O3S/c11-5-1-2-7-6(3-5)9(16)13-10(12-7)17-4-8(14)15/h1-3H,4H2,(H,14,15)(H,12,13,16). The lowest BCUT2D eigenvalue weighted by atomic mass is 10.2. The van der Waals surface area contributed by atoms with Gasteiger partial charge in [0.2, 0.25) is 0 Å². The Hall–Kier alpha value is -1.53. The van der Waals surface area contributed by atoms with Gasteiger partial charge in [0, 0.05) is 5.02 Å². The number of hydrogen-bond acceptors (Lipinski definition) is 4. The number of carbonyl (C=O) groups is 1. The van der Waals surface area contributed by atoms with Gasteiger partial charge in [0.25, 0.3) is 5.56 Å². The van der Waals surface area contributed by atoms with Crippen LogP contribution in [-0.4, -0.2) is 26.8 Å². The smallest absolute Gasteiger partial charge is 0.313 e. The minimum absolute atomic E-state index is 0.151. The van der Waals surface area contributed by atoms with Crippen LogP contribution in [0.2, 0.25) is 5.02 Å². The fourth-order valence-electron chi connectivity index (χ4n) is 1.29. The van der Waals surface area contributed by atoms with Crippen molar-refractivity contribution >= 4 is 40.2 Å². The van der Waals surface area contributed by atoms with Gasteiger partial charge in [-0.2, -0.15) is 0 Å². The second-order valence-electron chi connectivity index (χ2n) is 3.21. The Kier molecular flexibility index (Phi) is 3.35. The molecule has 1 aromatic heterocycles. The Bertz CT molecular complexity index is 641. The monoisotopic (exact) mass is 270 g/mol. The third-order valence-electron chi connectivity index (χ3n) is 1.98. The van der Waals surface area contributed by atoms with Crippen LogP contribution >= 0.6 is 23.4 Å². The van der Waals surface area contributed by atoms with Gasteiger partial charge in [-0.25, -0.2) is 4.98 Å². The van der Waals surface area contributed by atoms with Crippen LogP contribution < -0.4 is 5.56 Å². The first-order chi connectivity index (χ1) is 8.06. The summed E-state index contributed by atoms with van der Waals surface area (Å²) in [4.78, 5) is 28.7. The maximum atomic E-state index is 11.7. The lowest BCUT2D eigenvalue weighted by Gasteiger charge is -2.01. The van der Waals surface area contributed by atoms with E-state index in [9.17, 15) is 9.59 Å². The van der Waals surface area contributed by atoms with Gasteiger partial charge in [-0.1, -0.05) is 23.4 Å². The highest BCUT2D eigenvalue weighted by molar-refractivity contribution is 7.99. The first-order valence-electron chi connectivity index (χ1n) is 4.60. The van der Waals surface area contributed by atoms with Crippen LogP contribution in [0.25, 0.3) is 10.9 Å². The molecule has 5 nitrogen and oxygen atoms in total. The van der Waals surface area contributed by atoms with E-state index in [-0.39, 0.29) is 16.5 Å². The number of aromatic nitrogens is 2. The molecule has 0 saturated carbocycles. The van der Waals surface area contributed by atoms with E-state index in [0.717, 1.165) is 11.8 Å². The lowest BCUT2D eigenvalue weighted by molar-refractivity contribution is -0.133. The van der Waals surface area contributed by atoms with Gasteiger partial charge in [0.15, 0.2) is 5.16 Å². The van der Waals surface area contributed by atoms with Gasteiger partial charge in [-0.15, -0.1) is 0 Å². The zero-order valence-corrected chi connectivity index (χ0v) is 10.0. The largest absolute Gasteiger partial charge is 0.481 e. The van der Waals surface area contributed by atoms with Crippen LogP contribution in [0.15, 0.2) is 28.2 Å². The van der Waals surface area contributed by atoms with Crippen LogP contribution in [-0.2, 0) is 4.79 Å². The number of hydrogen-bond donors (Lipinski definition) is 2. The summed E-state index contributed by atoms with van der Waals surface area (Å²) in [5.74, 6) is -1.11. The van der Waals surface area contributed by atoms with Crippen LogP contribution in [0.1, 0.15) is 0 Å². The van der Waals surface area contributed by atoms with E-state index in [1.165, 1.54) is 6.07 Å². The molecule has 1 aromatic carbocycles. The average Bonchev–Trinajstić information content (AvgIpc) is 2.27. The molecule has 0 spiro atoms. The number of fused-ring (bicyclic) bond motifs is 1. The maximum Gasteiger partial charge on any atom is 0.313 e. The summed E-state index contributed by atoms with van der Waals surface area (Å²) in [5, 5.41) is 9.66. The summed E-state index contributed by atoms with van der Waals surface area (Å²) < 4.78 is 0. The van der Waals surface area contributed by atoms with Crippen molar-refractivity contribution in [3.63, 3.8) is 0 Å². The van der Waals surface area contributed by atoms with Crippen molar-refractivity contribution in [2.45, 2.75) is 5.16 Å². The van der Waals surface area contributed by atoms with Crippen molar-refractivity contribution < 1.29 is 9.90 Å². The Morgan fingerprint density at radius 1 is 1.53 bits per heavy atom. The van der Waals surface area contributed by atoms with E-state index >= 15 is 0 Å². The number of benzene rings is 1. The number of rotatable bonds is 3. The minimum atomic E-state index is -0.964. The Morgan fingerprint density at radius 3 is 3.00 bits per heavy atom. The highest BCUT2D eigenvalue weighted by atomic mass is 35.5. The third kappa shape index (κ3) is 2.78. The minimum Gasteiger partial charge on any atom is -0.481 e. The van der Waals surface area contributed by atoms with E-state index in [1.807, 2.05) is 0 Å². The van der Waals surface area contributed by atoms with Gasteiger partial charge < -0.3 is 10.1 Å². The molecule has 2 aromatic rings. The quantitative estimate of drug-likeness (QED) is 0.656. The molecular weight excluding hydrogens is 264 g/mol. The second-order valence-corrected chi connectivity index (χ2v) is 4.62. The molecular formula is C10H7ClN2O3S. The van der Waals surface area contributed by atoms with Gasteiger partial charge >= 0.3 is 5.97 Å². The molecule has 7 heteroatoms. The van der Waals surface area contributed by atoms with E-state index in [0.29, 0.717) is 15.9 Å². The summed E-state index contributed by atoms with van der Waals surface area (Å²) in [6.45, 7) is 0. The third-order valence-corrected chi connectivity index (χ3v) is 3.07. The highest BCUT2D eigenvalue weighted by Gasteiger charge is 2.06. The first-order valence-corrected chi connectivity index (χ1v) is 5.97. The van der Waals surface area contributed by atoms with Crippen LogP contribution in [0.4, 0.5) is 0 Å². The molecule has 88 valence electrons. The van der Waals surface area contributed by atoms with Crippen molar-refractivity contribution in [2.24, 2.45) is 0 Å². The predicted octanol–water partition coefficient (Wildman–Crippen LogP) is 1.75. The zero-order chi connectivity index (χ0) is 12.4. The van der Waals surface area contributed by atoms with E-state index < -0.39 is 5.97 Å². The molecule has 0 aliphatic carbocycles. The normalized spacial score (nSPS) is 10.6. The fraction of sp³-hybridized carbons (Fsp3) is 0.100. The van der Waals surface area contributed by atoms with E-state index in [2.05, 4.69) is 9.97 Å². The van der Waals surface area contributed by atoms with Crippen LogP contribution in [0.5, 0.6) is 0 Å². The molecule has 0 saturated heterocycles. The first kappa shape index (κ1) is 11.9. The predicted molar refractivity (Wildman–Crippen MR) is 65.7 cm³/mol. The average molecular weight is 271 g/mol. The van der Waals surface area contributed by atoms with E-state index in [1.54, 1.807) is 12.1 Å². The number of carboxylic acids is 1. The van der Waals surface area contributed by atoms with Crippen molar-refractivity contribution in [1.82, 2.24) is 9.97 Å². The number of nitrogens with zero attached hydrogens (tertiary/aromatic N) is 1. The summed E-state index contributed by atoms with van der Waals surface area (Å²) in [5.41, 5.74) is 0.163. The van der Waals surface area contributed by atoms with Crippen LogP contribution in [0.3, 0.4) is 0 Å². The summed E-state index contributed by atoms with van der Waals surface area (Å²) in [6.07, 6.45) is 0. The summed E-state index contributed by atoms with van der Waals surface area (Å²) in [7, 11) is 0. The molecule has 0 unspecified atom stereocenters. The van der Waals surface area contributed by atoms with Crippen molar-refractivity contribution in [3.05, 3.63) is 33.6 Å². The molecule has 0 amide bonds. The van der Waals surface area contributed by atoms with Crippen molar-refractivity contribution in [3.8, 4) is 0 Å². The highest BCUT2D eigenvalue weighted by Crippen LogP contribution is 2.17. The number of nitrogens with one attached hydrogen (secondary N) is 1. The number of carboxylic acid groups (broad SMARTS) is 1. The molecule has 17 heavy (non-hydrogen) atoms. The summed E-state index contributed by atoms with van der Waals surface area (Å²) in [6, 6.07) is 4.77. The molecule has 1 heterocycles.